The second kappa shape index (κ2) is 6.55. The molecule has 0 aliphatic rings. The highest BCUT2D eigenvalue weighted by atomic mass is 32.1. The quantitative estimate of drug-likeness (QED) is 0.340. The maximum atomic E-state index is 11.1. The van der Waals surface area contributed by atoms with Crippen LogP contribution in [0, 0.1) is 21.8 Å². The molecule has 0 atom stereocenters. The highest BCUT2D eigenvalue weighted by Crippen LogP contribution is 2.21. The van der Waals surface area contributed by atoms with Crippen molar-refractivity contribution < 1.29 is 4.92 Å². The number of benzene rings is 2. The molecule has 0 amide bonds. The van der Waals surface area contributed by atoms with Gasteiger partial charge in [-0.2, -0.15) is 14.9 Å². The third-order valence-corrected chi connectivity index (χ3v) is 3.75. The van der Waals surface area contributed by atoms with Gasteiger partial charge in [0.25, 0.3) is 5.69 Å². The Bertz CT molecular complexity index is 990. The molecule has 3 rings (SSSR count). The van der Waals surface area contributed by atoms with Crippen molar-refractivity contribution in [3.63, 3.8) is 0 Å². The van der Waals surface area contributed by atoms with Crippen LogP contribution in [0.15, 0.2) is 53.6 Å². The molecule has 1 aromatic heterocycles. The van der Waals surface area contributed by atoms with Crippen LogP contribution in [0.4, 0.5) is 5.69 Å². The summed E-state index contributed by atoms with van der Waals surface area (Å²) in [4.78, 5) is 10.6. The van der Waals surface area contributed by atoms with Crippen molar-refractivity contribution in [2.75, 3.05) is 0 Å². The molecule has 0 radical (unpaired) electrons. The van der Waals surface area contributed by atoms with Gasteiger partial charge in [0.1, 0.15) is 0 Å². The predicted octanol–water partition coefficient (Wildman–Crippen LogP) is 3.71. The summed E-state index contributed by atoms with van der Waals surface area (Å²) in [6.45, 7) is 1.96. The number of H-pyrrole nitrogens is 1. The standard InChI is InChI=1S/C16H13N5O2S/c1-11-6-2-4-8-13(11)15-18-19-16(24)20(15)17-10-12-7-3-5-9-14(12)21(22)23/h2-10H,1H3,(H,19,24)/b17-10-. The van der Waals surface area contributed by atoms with Gasteiger partial charge >= 0.3 is 0 Å². The lowest BCUT2D eigenvalue weighted by Gasteiger charge is -2.04. The summed E-state index contributed by atoms with van der Waals surface area (Å²) in [5, 5.41) is 22.3. The van der Waals surface area contributed by atoms with E-state index in [2.05, 4.69) is 15.3 Å². The molecule has 2 aromatic carbocycles. The van der Waals surface area contributed by atoms with E-state index in [0.717, 1.165) is 11.1 Å². The van der Waals surface area contributed by atoms with E-state index in [1.54, 1.807) is 18.2 Å². The fourth-order valence-corrected chi connectivity index (χ4v) is 2.46. The van der Waals surface area contributed by atoms with E-state index in [-0.39, 0.29) is 5.69 Å². The Kier molecular flexibility index (Phi) is 4.30. The number of hydrogen-bond acceptors (Lipinski definition) is 5. The average molecular weight is 339 g/mol. The number of para-hydroxylation sites is 1. The fraction of sp³-hybridized carbons (Fsp3) is 0.0625. The molecule has 1 heterocycles. The van der Waals surface area contributed by atoms with Gasteiger partial charge < -0.3 is 0 Å². The Hall–Kier alpha value is -3.13. The van der Waals surface area contributed by atoms with Gasteiger partial charge in [0.05, 0.1) is 16.7 Å². The summed E-state index contributed by atoms with van der Waals surface area (Å²) in [5.74, 6) is 0.549. The molecule has 0 saturated heterocycles. The number of nitrogens with one attached hydrogen (secondary N) is 1. The van der Waals surface area contributed by atoms with Crippen molar-refractivity contribution in [2.24, 2.45) is 5.10 Å². The Morgan fingerprint density at radius 2 is 1.96 bits per heavy atom. The maximum Gasteiger partial charge on any atom is 0.278 e. The number of nitrogens with zero attached hydrogens (tertiary/aromatic N) is 4. The minimum absolute atomic E-state index is 0.0197. The van der Waals surface area contributed by atoms with Gasteiger partial charge in [0.2, 0.25) is 4.77 Å². The second-order valence-corrected chi connectivity index (χ2v) is 5.43. The SMILES string of the molecule is Cc1ccccc1-c1n[nH]c(=S)n1/N=C\c1ccccc1[N+](=O)[O-]. The van der Waals surface area contributed by atoms with Crippen LogP contribution in [0.25, 0.3) is 11.4 Å². The predicted molar refractivity (Wildman–Crippen MR) is 93.7 cm³/mol. The zero-order valence-corrected chi connectivity index (χ0v) is 13.5. The van der Waals surface area contributed by atoms with E-state index in [1.165, 1.54) is 17.0 Å². The van der Waals surface area contributed by atoms with E-state index >= 15 is 0 Å². The molecule has 3 aromatic rings. The van der Waals surface area contributed by atoms with Crippen LogP contribution in [-0.2, 0) is 0 Å². The molecule has 0 bridgehead atoms. The Morgan fingerprint density at radius 1 is 1.25 bits per heavy atom. The Balaban J connectivity index is 2.07. The largest absolute Gasteiger partial charge is 0.278 e. The van der Waals surface area contributed by atoms with Crippen molar-refractivity contribution in [3.8, 4) is 11.4 Å². The summed E-state index contributed by atoms with van der Waals surface area (Å²) in [6, 6.07) is 14.1. The Morgan fingerprint density at radius 3 is 2.71 bits per heavy atom. The van der Waals surface area contributed by atoms with Crippen molar-refractivity contribution in [2.45, 2.75) is 6.92 Å². The first-order valence-corrected chi connectivity index (χ1v) is 7.50. The highest BCUT2D eigenvalue weighted by molar-refractivity contribution is 7.71. The van der Waals surface area contributed by atoms with Crippen molar-refractivity contribution in [1.82, 2.24) is 14.9 Å². The molecule has 7 nitrogen and oxygen atoms in total. The van der Waals surface area contributed by atoms with E-state index in [1.807, 2.05) is 31.2 Å². The lowest BCUT2D eigenvalue weighted by Crippen LogP contribution is -1.98. The third-order valence-electron chi connectivity index (χ3n) is 3.48. The fourth-order valence-electron chi connectivity index (χ4n) is 2.28. The molecule has 0 aliphatic carbocycles. The van der Waals surface area contributed by atoms with E-state index in [4.69, 9.17) is 12.2 Å². The summed E-state index contributed by atoms with van der Waals surface area (Å²) in [6.07, 6.45) is 1.41. The monoisotopic (exact) mass is 339 g/mol. The zero-order valence-electron chi connectivity index (χ0n) is 12.7. The number of aromatic amines is 1. The molecular weight excluding hydrogens is 326 g/mol. The number of aromatic nitrogens is 3. The number of rotatable bonds is 4. The minimum Gasteiger partial charge on any atom is -0.258 e. The van der Waals surface area contributed by atoms with E-state index in [0.29, 0.717) is 16.2 Å². The average Bonchev–Trinajstić information content (AvgIpc) is 2.94. The van der Waals surface area contributed by atoms with Crippen molar-refractivity contribution in [1.29, 1.82) is 0 Å². The van der Waals surface area contributed by atoms with Crippen molar-refractivity contribution in [3.05, 3.63) is 74.5 Å². The van der Waals surface area contributed by atoms with Gasteiger partial charge in [-0.3, -0.25) is 10.1 Å². The first-order chi connectivity index (χ1) is 11.6. The normalized spacial score (nSPS) is 11.0. The molecule has 1 N–H and O–H groups in total. The summed E-state index contributed by atoms with van der Waals surface area (Å²) in [7, 11) is 0. The van der Waals surface area contributed by atoms with Gasteiger partial charge in [0, 0.05) is 11.6 Å². The summed E-state index contributed by atoms with van der Waals surface area (Å²) >= 11 is 5.21. The minimum atomic E-state index is -0.446. The number of hydrogen-bond donors (Lipinski definition) is 1. The molecular formula is C16H13N5O2S. The van der Waals surface area contributed by atoms with Crippen molar-refractivity contribution >= 4 is 24.1 Å². The van der Waals surface area contributed by atoms with Gasteiger partial charge in [-0.1, -0.05) is 36.4 Å². The summed E-state index contributed by atoms with van der Waals surface area (Å²) < 4.78 is 1.76. The molecule has 0 unspecified atom stereocenters. The van der Waals surface area contributed by atoms with Gasteiger partial charge in [-0.05, 0) is 30.8 Å². The lowest BCUT2D eigenvalue weighted by molar-refractivity contribution is -0.385. The number of nitro benzene ring substituents is 1. The lowest BCUT2D eigenvalue weighted by atomic mass is 10.1. The molecule has 120 valence electrons. The van der Waals surface area contributed by atoms with Crippen LogP contribution in [0.5, 0.6) is 0 Å². The smallest absolute Gasteiger partial charge is 0.258 e. The van der Waals surface area contributed by atoms with Crippen LogP contribution in [0.2, 0.25) is 0 Å². The molecule has 0 spiro atoms. The summed E-state index contributed by atoms with van der Waals surface area (Å²) in [5.41, 5.74) is 2.27. The first kappa shape index (κ1) is 15.8. The van der Waals surface area contributed by atoms with Crippen LogP contribution in [0.3, 0.4) is 0 Å². The highest BCUT2D eigenvalue weighted by Gasteiger charge is 2.12. The van der Waals surface area contributed by atoms with E-state index < -0.39 is 4.92 Å². The van der Waals surface area contributed by atoms with Crippen LogP contribution < -0.4 is 0 Å². The molecule has 0 aliphatic heterocycles. The third kappa shape index (κ3) is 2.99. The van der Waals surface area contributed by atoms with Crippen LogP contribution in [-0.4, -0.2) is 26.0 Å². The van der Waals surface area contributed by atoms with E-state index in [9.17, 15) is 10.1 Å². The van der Waals surface area contributed by atoms with Gasteiger partial charge in [-0.15, -0.1) is 0 Å². The van der Waals surface area contributed by atoms with Crippen LogP contribution in [0.1, 0.15) is 11.1 Å². The molecule has 0 saturated carbocycles. The number of aryl methyl sites for hydroxylation is 1. The number of nitro groups is 1. The first-order valence-electron chi connectivity index (χ1n) is 7.09. The molecule has 24 heavy (non-hydrogen) atoms. The Labute approximate surface area is 142 Å². The van der Waals surface area contributed by atoms with Gasteiger partial charge in [0.15, 0.2) is 5.82 Å². The molecule has 0 fully saturated rings. The second-order valence-electron chi connectivity index (χ2n) is 5.04. The zero-order chi connectivity index (χ0) is 17.1. The van der Waals surface area contributed by atoms with Crippen LogP contribution >= 0.6 is 12.2 Å². The molecule has 8 heteroatoms. The maximum absolute atomic E-state index is 11.1. The topological polar surface area (TPSA) is 89.1 Å². The van der Waals surface area contributed by atoms with Gasteiger partial charge in [-0.25, -0.2) is 5.10 Å².